The Balaban J connectivity index is 1.81. The third-order valence-electron chi connectivity index (χ3n) is 4.75. The normalized spacial score (nSPS) is 25.2. The van der Waals surface area contributed by atoms with E-state index >= 15 is 0 Å². The highest BCUT2D eigenvalue weighted by molar-refractivity contribution is 5.75. The Morgan fingerprint density at radius 3 is 1.80 bits per heavy atom. The first kappa shape index (κ1) is 17.8. The molecule has 4 nitrogen and oxygen atoms in total. The number of carbonyl (C=O) groups is 1. The van der Waals surface area contributed by atoms with Gasteiger partial charge in [-0.05, 0) is 12.8 Å². The molecule has 3 atom stereocenters. The van der Waals surface area contributed by atoms with Crippen molar-refractivity contribution in [1.82, 2.24) is 9.80 Å². The molecule has 0 radical (unpaired) electrons. The van der Waals surface area contributed by atoms with Crippen LogP contribution in [-0.2, 0) is 0 Å². The summed E-state index contributed by atoms with van der Waals surface area (Å²) in [7, 11) is 3.25. The fourth-order valence-electron chi connectivity index (χ4n) is 3.62. The zero-order valence-corrected chi connectivity index (χ0v) is 13.7. The molecule has 138 valence electrons. The van der Waals surface area contributed by atoms with E-state index in [9.17, 15) is 26.7 Å². The van der Waals surface area contributed by atoms with Gasteiger partial charge in [0, 0.05) is 39.0 Å². The van der Waals surface area contributed by atoms with Crippen molar-refractivity contribution in [1.29, 1.82) is 0 Å². The quantitative estimate of drug-likeness (QED) is 0.458. The summed E-state index contributed by atoms with van der Waals surface area (Å²) < 4.78 is 72.3. The van der Waals surface area contributed by atoms with Crippen LogP contribution in [0.2, 0.25) is 0 Å². The van der Waals surface area contributed by atoms with Crippen LogP contribution in [0.25, 0.3) is 0 Å². The number of nitrogens with zero attached hydrogens (tertiary/aromatic N) is 2. The number of rotatable bonds is 2. The predicted molar refractivity (Wildman–Crippen MR) is 77.6 cm³/mol. The first-order valence-electron chi connectivity index (χ1n) is 7.90. The number of piperidine rings is 1. The largest absolute Gasteiger partial charge is 0.484 e. The van der Waals surface area contributed by atoms with Gasteiger partial charge in [-0.1, -0.05) is 0 Å². The van der Waals surface area contributed by atoms with E-state index in [1.807, 2.05) is 0 Å². The molecule has 9 heteroatoms. The van der Waals surface area contributed by atoms with Crippen molar-refractivity contribution in [2.75, 3.05) is 14.1 Å². The highest BCUT2D eigenvalue weighted by atomic mass is 19.2. The van der Waals surface area contributed by atoms with E-state index in [1.54, 1.807) is 19.0 Å². The fraction of sp³-hybridized carbons (Fsp3) is 0.562. The lowest BCUT2D eigenvalue weighted by atomic mass is 10.00. The lowest BCUT2D eigenvalue weighted by Gasteiger charge is -2.40. The number of hydrogen-bond acceptors (Lipinski definition) is 2. The van der Waals surface area contributed by atoms with E-state index in [4.69, 9.17) is 4.74 Å². The predicted octanol–water partition coefficient (Wildman–Crippen LogP) is 3.44. The summed E-state index contributed by atoms with van der Waals surface area (Å²) in [5, 5.41) is 0. The summed E-state index contributed by atoms with van der Waals surface area (Å²) in [6, 6.07) is -0.526. The summed E-state index contributed by atoms with van der Waals surface area (Å²) in [5.41, 5.74) is 0. The Labute approximate surface area is 141 Å². The van der Waals surface area contributed by atoms with Crippen LogP contribution in [0.5, 0.6) is 5.75 Å². The molecule has 2 saturated heterocycles. The smallest absolute Gasteiger partial charge is 0.319 e. The summed E-state index contributed by atoms with van der Waals surface area (Å²) >= 11 is 0. The summed E-state index contributed by atoms with van der Waals surface area (Å²) in [4.78, 5) is 15.4. The van der Waals surface area contributed by atoms with Crippen LogP contribution in [0.15, 0.2) is 0 Å². The standard InChI is InChI=1S/C16H17F5N2O2/c1-22(2)16(24)23-7-3-4-8(23)6-9(5-7)25-15-13(20)11(18)10(17)12(19)14(15)21/h7-9H,3-6H2,1-2H3/t7-,8+,9-. The van der Waals surface area contributed by atoms with E-state index in [-0.39, 0.29) is 31.0 Å². The van der Waals surface area contributed by atoms with Gasteiger partial charge in [-0.2, -0.15) is 8.78 Å². The van der Waals surface area contributed by atoms with Crippen LogP contribution in [0.3, 0.4) is 0 Å². The molecule has 0 aliphatic carbocycles. The topological polar surface area (TPSA) is 32.8 Å². The van der Waals surface area contributed by atoms with Gasteiger partial charge in [-0.3, -0.25) is 0 Å². The Kier molecular flexibility index (Phi) is 4.51. The van der Waals surface area contributed by atoms with Crippen molar-refractivity contribution in [2.24, 2.45) is 0 Å². The molecule has 0 aromatic heterocycles. The Bertz CT molecular complexity index is 669. The molecule has 3 rings (SSSR count). The maximum absolute atomic E-state index is 13.8. The number of hydrogen-bond donors (Lipinski definition) is 0. The van der Waals surface area contributed by atoms with Crippen LogP contribution in [0.4, 0.5) is 26.7 Å². The van der Waals surface area contributed by atoms with Crippen molar-refractivity contribution in [3.8, 4) is 5.75 Å². The van der Waals surface area contributed by atoms with Crippen LogP contribution in [0.1, 0.15) is 25.7 Å². The summed E-state index contributed by atoms with van der Waals surface area (Å²) in [6.45, 7) is 0. The Morgan fingerprint density at radius 1 is 0.920 bits per heavy atom. The van der Waals surface area contributed by atoms with E-state index in [1.165, 1.54) is 4.90 Å². The van der Waals surface area contributed by atoms with Crippen molar-refractivity contribution < 1.29 is 31.5 Å². The Morgan fingerprint density at radius 2 is 1.36 bits per heavy atom. The zero-order valence-electron chi connectivity index (χ0n) is 13.7. The van der Waals surface area contributed by atoms with Crippen LogP contribution in [-0.4, -0.2) is 48.1 Å². The van der Waals surface area contributed by atoms with Crippen LogP contribution >= 0.6 is 0 Å². The van der Waals surface area contributed by atoms with Crippen LogP contribution < -0.4 is 4.74 Å². The summed E-state index contributed by atoms with van der Waals surface area (Å²) in [6.07, 6.45) is 1.24. The molecule has 0 N–H and O–H groups in total. The number of benzene rings is 1. The number of carbonyl (C=O) groups excluding carboxylic acids is 1. The molecule has 2 aliphatic rings. The molecule has 2 fully saturated rings. The second kappa shape index (κ2) is 6.34. The van der Waals surface area contributed by atoms with Crippen molar-refractivity contribution in [2.45, 2.75) is 43.9 Å². The molecule has 2 heterocycles. The molecular formula is C16H17F5N2O2. The average Bonchev–Trinajstić information content (AvgIpc) is 2.84. The van der Waals surface area contributed by atoms with Gasteiger partial charge >= 0.3 is 6.03 Å². The molecule has 2 amide bonds. The molecule has 1 aromatic rings. The highest BCUT2D eigenvalue weighted by Crippen LogP contribution is 2.39. The molecule has 1 aromatic carbocycles. The van der Waals surface area contributed by atoms with Crippen LogP contribution in [0, 0.1) is 29.1 Å². The summed E-state index contributed by atoms with van der Waals surface area (Å²) in [5.74, 6) is -11.5. The number of urea groups is 1. The van der Waals surface area contributed by atoms with Gasteiger partial charge in [0.1, 0.15) is 6.10 Å². The monoisotopic (exact) mass is 364 g/mol. The molecule has 0 spiro atoms. The maximum Gasteiger partial charge on any atom is 0.319 e. The Hall–Kier alpha value is -2.06. The van der Waals surface area contributed by atoms with Crippen molar-refractivity contribution >= 4 is 6.03 Å². The van der Waals surface area contributed by atoms with Gasteiger partial charge in [-0.25, -0.2) is 18.0 Å². The second-order valence-electron chi connectivity index (χ2n) is 6.58. The number of ether oxygens (including phenoxy) is 1. The highest BCUT2D eigenvalue weighted by Gasteiger charge is 2.45. The maximum atomic E-state index is 13.8. The minimum atomic E-state index is -2.21. The van der Waals surface area contributed by atoms with Crippen molar-refractivity contribution in [3.05, 3.63) is 29.1 Å². The molecule has 0 saturated carbocycles. The lowest BCUT2D eigenvalue weighted by molar-refractivity contribution is 0.0545. The fourth-order valence-corrected chi connectivity index (χ4v) is 3.62. The van der Waals surface area contributed by atoms with E-state index < -0.39 is 40.9 Å². The first-order chi connectivity index (χ1) is 11.7. The van der Waals surface area contributed by atoms with Crippen molar-refractivity contribution in [3.63, 3.8) is 0 Å². The van der Waals surface area contributed by atoms with Gasteiger partial charge in [-0.15, -0.1) is 0 Å². The molecular weight excluding hydrogens is 347 g/mol. The van der Waals surface area contributed by atoms with Gasteiger partial charge < -0.3 is 14.5 Å². The van der Waals surface area contributed by atoms with Gasteiger partial charge in [0.15, 0.2) is 5.75 Å². The number of amides is 2. The van der Waals surface area contributed by atoms with Gasteiger partial charge in [0.25, 0.3) is 0 Å². The third kappa shape index (κ3) is 2.89. The van der Waals surface area contributed by atoms with Gasteiger partial charge in [0.2, 0.25) is 29.1 Å². The number of halogens is 5. The molecule has 25 heavy (non-hydrogen) atoms. The van der Waals surface area contributed by atoms with E-state index in [0.717, 1.165) is 0 Å². The molecule has 2 bridgehead atoms. The minimum Gasteiger partial charge on any atom is -0.484 e. The SMILES string of the molecule is CN(C)C(=O)N1[C@@H]2CC[C@H]1C[C@H](Oc1c(F)c(F)c(F)c(F)c1F)C2. The van der Waals surface area contributed by atoms with Gasteiger partial charge in [0.05, 0.1) is 0 Å². The average molecular weight is 364 g/mol. The molecule has 0 unspecified atom stereocenters. The third-order valence-corrected chi connectivity index (χ3v) is 4.75. The number of fused-ring (bicyclic) bond motifs is 2. The van der Waals surface area contributed by atoms with E-state index in [2.05, 4.69) is 0 Å². The lowest BCUT2D eigenvalue weighted by Crippen LogP contribution is -2.52. The first-order valence-corrected chi connectivity index (χ1v) is 7.90. The minimum absolute atomic E-state index is 0.165. The van der Waals surface area contributed by atoms with E-state index in [0.29, 0.717) is 12.8 Å². The molecule has 2 aliphatic heterocycles. The zero-order chi connectivity index (χ0) is 18.5. The second-order valence-corrected chi connectivity index (χ2v) is 6.58.